The second-order valence-electron chi connectivity index (χ2n) is 4.54. The highest BCUT2D eigenvalue weighted by atomic mass is 79.9. The first-order chi connectivity index (χ1) is 9.81. The number of benzene rings is 1. The summed E-state index contributed by atoms with van der Waals surface area (Å²) < 4.78 is 30.3. The number of nitrogens with one attached hydrogen (secondary N) is 1. The summed E-state index contributed by atoms with van der Waals surface area (Å²) in [5, 5.41) is 7.67. The summed E-state index contributed by atoms with van der Waals surface area (Å²) in [6, 6.07) is 3.35. The molecule has 0 fully saturated rings. The Bertz CT molecular complexity index is 759. The van der Waals surface area contributed by atoms with Gasteiger partial charge >= 0.3 is 0 Å². The van der Waals surface area contributed by atoms with Crippen LogP contribution in [0, 0.1) is 6.92 Å². The number of rotatable bonds is 5. The molecular formula is C12H14Br2N4O2S. The van der Waals surface area contributed by atoms with Gasteiger partial charge in [-0.2, -0.15) is 0 Å². The molecule has 1 aromatic heterocycles. The lowest BCUT2D eigenvalue weighted by Gasteiger charge is -2.10. The molecule has 6 nitrogen and oxygen atoms in total. The van der Waals surface area contributed by atoms with E-state index in [4.69, 9.17) is 0 Å². The van der Waals surface area contributed by atoms with Gasteiger partial charge in [-0.1, -0.05) is 15.9 Å². The fourth-order valence-electron chi connectivity index (χ4n) is 1.74. The lowest BCUT2D eigenvalue weighted by atomic mass is 10.2. The molecule has 0 saturated carbocycles. The molecule has 0 aliphatic heterocycles. The molecule has 1 aromatic carbocycles. The van der Waals surface area contributed by atoms with Gasteiger partial charge in [0.25, 0.3) is 0 Å². The zero-order valence-electron chi connectivity index (χ0n) is 11.5. The molecule has 1 N–H and O–H groups in total. The molecule has 0 spiro atoms. The summed E-state index contributed by atoms with van der Waals surface area (Å²) >= 11 is 6.64. The quantitative estimate of drug-likeness (QED) is 0.777. The summed E-state index contributed by atoms with van der Waals surface area (Å²) in [4.78, 5) is 0.206. The van der Waals surface area contributed by atoms with E-state index in [1.54, 1.807) is 23.0 Å². The number of aromatic nitrogens is 3. The van der Waals surface area contributed by atoms with E-state index in [1.807, 2.05) is 14.0 Å². The van der Waals surface area contributed by atoms with Crippen LogP contribution in [0.5, 0.6) is 0 Å². The van der Waals surface area contributed by atoms with E-state index in [9.17, 15) is 8.42 Å². The van der Waals surface area contributed by atoms with Crippen LogP contribution in [-0.4, -0.2) is 29.7 Å². The second-order valence-corrected chi connectivity index (χ2v) is 7.98. The Balaban J connectivity index is 2.12. The van der Waals surface area contributed by atoms with Gasteiger partial charge in [0.2, 0.25) is 10.0 Å². The first-order valence-electron chi connectivity index (χ1n) is 6.09. The fraction of sp³-hybridized carbons (Fsp3) is 0.333. The molecule has 0 aliphatic rings. The van der Waals surface area contributed by atoms with E-state index in [0.717, 1.165) is 15.9 Å². The molecule has 2 rings (SSSR count). The molecule has 0 bridgehead atoms. The van der Waals surface area contributed by atoms with Crippen LogP contribution in [0.3, 0.4) is 0 Å². The Morgan fingerprint density at radius 1 is 1.29 bits per heavy atom. The van der Waals surface area contributed by atoms with E-state index in [-0.39, 0.29) is 11.4 Å². The molecule has 21 heavy (non-hydrogen) atoms. The molecule has 0 amide bonds. The predicted octanol–water partition coefficient (Wildman–Crippen LogP) is 2.17. The van der Waals surface area contributed by atoms with Crippen molar-refractivity contribution in [1.82, 2.24) is 19.5 Å². The summed E-state index contributed by atoms with van der Waals surface area (Å²) in [6.45, 7) is 2.15. The van der Waals surface area contributed by atoms with Crippen molar-refractivity contribution in [3.8, 4) is 0 Å². The number of aryl methyl sites for hydroxylation is 2. The average molecular weight is 438 g/mol. The van der Waals surface area contributed by atoms with Crippen LogP contribution in [0.25, 0.3) is 0 Å². The van der Waals surface area contributed by atoms with Crippen LogP contribution in [0.15, 0.2) is 32.3 Å². The Morgan fingerprint density at radius 2 is 2.00 bits per heavy atom. The van der Waals surface area contributed by atoms with Crippen LogP contribution in [0.4, 0.5) is 0 Å². The van der Waals surface area contributed by atoms with Gasteiger partial charge in [-0.3, -0.25) is 0 Å². The van der Waals surface area contributed by atoms with Crippen molar-refractivity contribution in [2.75, 3.05) is 6.54 Å². The first-order valence-corrected chi connectivity index (χ1v) is 9.16. The van der Waals surface area contributed by atoms with Crippen LogP contribution >= 0.6 is 31.9 Å². The maximum absolute atomic E-state index is 12.3. The Hall–Kier alpha value is -0.770. The van der Waals surface area contributed by atoms with Gasteiger partial charge in [-0.05, 0) is 40.5 Å². The summed E-state index contributed by atoms with van der Waals surface area (Å²) in [6.07, 6.45) is 2.05. The van der Waals surface area contributed by atoms with Gasteiger partial charge < -0.3 is 4.57 Å². The molecule has 9 heteroatoms. The van der Waals surface area contributed by atoms with Gasteiger partial charge in [0.05, 0.1) is 4.90 Å². The standard InChI is InChI=1S/C12H14Br2N4O2S/c1-8-5-10(14)11(6-9(8)13)21(19,20)16-4-3-12-17-15-7-18(12)2/h5-7,16H,3-4H2,1-2H3. The van der Waals surface area contributed by atoms with Crippen molar-refractivity contribution in [2.24, 2.45) is 7.05 Å². The number of hydrogen-bond acceptors (Lipinski definition) is 4. The van der Waals surface area contributed by atoms with Crippen LogP contribution in [0.2, 0.25) is 0 Å². The maximum Gasteiger partial charge on any atom is 0.241 e. The molecule has 0 atom stereocenters. The molecule has 0 radical (unpaired) electrons. The molecule has 0 unspecified atom stereocenters. The minimum Gasteiger partial charge on any atom is -0.321 e. The van der Waals surface area contributed by atoms with E-state index >= 15 is 0 Å². The van der Waals surface area contributed by atoms with E-state index in [2.05, 4.69) is 46.8 Å². The minimum absolute atomic E-state index is 0.206. The highest BCUT2D eigenvalue weighted by molar-refractivity contribution is 9.11. The first kappa shape index (κ1) is 16.6. The van der Waals surface area contributed by atoms with Crippen molar-refractivity contribution >= 4 is 41.9 Å². The molecule has 114 valence electrons. The van der Waals surface area contributed by atoms with E-state index in [1.165, 1.54) is 0 Å². The topological polar surface area (TPSA) is 76.9 Å². The molecule has 1 heterocycles. The van der Waals surface area contributed by atoms with Crippen LogP contribution < -0.4 is 4.72 Å². The Labute approximate surface area is 140 Å². The zero-order chi connectivity index (χ0) is 15.6. The highest BCUT2D eigenvalue weighted by Crippen LogP contribution is 2.28. The van der Waals surface area contributed by atoms with Gasteiger partial charge in [0.1, 0.15) is 12.2 Å². The Morgan fingerprint density at radius 3 is 2.62 bits per heavy atom. The fourth-order valence-corrected chi connectivity index (χ4v) is 4.45. The third-order valence-corrected chi connectivity index (χ3v) is 6.22. The molecule has 0 saturated heterocycles. The Kier molecular flexibility index (Phi) is 5.18. The summed E-state index contributed by atoms with van der Waals surface area (Å²) in [5.74, 6) is 0.724. The molecule has 2 aromatic rings. The molecule has 0 aliphatic carbocycles. The lowest BCUT2D eigenvalue weighted by Crippen LogP contribution is -2.27. The SMILES string of the molecule is Cc1cc(Br)c(S(=O)(=O)NCCc2nncn2C)cc1Br. The highest BCUT2D eigenvalue weighted by Gasteiger charge is 2.18. The smallest absolute Gasteiger partial charge is 0.241 e. The minimum atomic E-state index is -3.58. The van der Waals surface area contributed by atoms with Crippen molar-refractivity contribution < 1.29 is 8.42 Å². The van der Waals surface area contributed by atoms with Gasteiger partial charge in [0, 0.05) is 29.0 Å². The van der Waals surface area contributed by atoms with Gasteiger partial charge in [-0.25, -0.2) is 13.1 Å². The number of hydrogen-bond donors (Lipinski definition) is 1. The summed E-state index contributed by atoms with van der Waals surface area (Å²) in [5.41, 5.74) is 0.958. The maximum atomic E-state index is 12.3. The van der Waals surface area contributed by atoms with Crippen molar-refractivity contribution in [1.29, 1.82) is 0 Å². The number of halogens is 2. The van der Waals surface area contributed by atoms with Crippen molar-refractivity contribution in [3.63, 3.8) is 0 Å². The number of sulfonamides is 1. The summed E-state index contributed by atoms with van der Waals surface area (Å²) in [7, 11) is -1.76. The lowest BCUT2D eigenvalue weighted by molar-refractivity contribution is 0.579. The van der Waals surface area contributed by atoms with Gasteiger partial charge in [-0.15, -0.1) is 10.2 Å². The predicted molar refractivity (Wildman–Crippen MR) is 86.5 cm³/mol. The van der Waals surface area contributed by atoms with Crippen molar-refractivity contribution in [2.45, 2.75) is 18.2 Å². The van der Waals surface area contributed by atoms with E-state index < -0.39 is 10.0 Å². The zero-order valence-corrected chi connectivity index (χ0v) is 15.5. The molecular weight excluding hydrogens is 424 g/mol. The normalized spacial score (nSPS) is 11.8. The third kappa shape index (κ3) is 3.91. The second kappa shape index (κ2) is 6.55. The monoisotopic (exact) mass is 436 g/mol. The average Bonchev–Trinajstić information content (AvgIpc) is 2.79. The van der Waals surface area contributed by atoms with Crippen LogP contribution in [0.1, 0.15) is 11.4 Å². The van der Waals surface area contributed by atoms with Crippen LogP contribution in [-0.2, 0) is 23.5 Å². The third-order valence-electron chi connectivity index (χ3n) is 2.95. The van der Waals surface area contributed by atoms with Crippen molar-refractivity contribution in [3.05, 3.63) is 38.8 Å². The van der Waals surface area contributed by atoms with E-state index in [0.29, 0.717) is 10.9 Å². The number of nitrogens with zero attached hydrogens (tertiary/aromatic N) is 3. The largest absolute Gasteiger partial charge is 0.321 e. The van der Waals surface area contributed by atoms with Gasteiger partial charge in [0.15, 0.2) is 0 Å².